The van der Waals surface area contributed by atoms with Gasteiger partial charge in [0.15, 0.2) is 5.78 Å². The number of carbonyl (C=O) groups excluding carboxylic acids is 2. The Labute approximate surface area is 127 Å². The number of Topliss-reactive ketones (excluding diaryl/α,β-unsaturated/α-hetero) is 1. The maximum absolute atomic E-state index is 12.5. The molecule has 2 aromatic rings. The molecule has 0 aliphatic heterocycles. The van der Waals surface area contributed by atoms with Crippen LogP contribution in [0.4, 0.5) is 0 Å². The number of pyridine rings is 1. The van der Waals surface area contributed by atoms with E-state index < -0.39 is 5.97 Å². The number of hydrogen-bond acceptors (Lipinski definition) is 4. The lowest BCUT2D eigenvalue weighted by Gasteiger charge is -2.05. The fourth-order valence-corrected chi connectivity index (χ4v) is 2.40. The predicted molar refractivity (Wildman–Crippen MR) is 81.3 cm³/mol. The molecule has 0 saturated heterocycles. The lowest BCUT2D eigenvalue weighted by molar-refractivity contribution is 0.0519. The third kappa shape index (κ3) is 3.00. The van der Waals surface area contributed by atoms with Gasteiger partial charge in [-0.1, -0.05) is 6.07 Å². The van der Waals surface area contributed by atoms with Crippen LogP contribution in [0.25, 0.3) is 0 Å². The zero-order valence-corrected chi connectivity index (χ0v) is 12.8. The quantitative estimate of drug-likeness (QED) is 0.675. The third-order valence-corrected chi connectivity index (χ3v) is 3.41. The van der Waals surface area contributed by atoms with Crippen molar-refractivity contribution < 1.29 is 14.3 Å². The summed E-state index contributed by atoms with van der Waals surface area (Å²) in [5.41, 5.74) is 1.61. The molecule has 0 unspecified atom stereocenters. The van der Waals surface area contributed by atoms with Gasteiger partial charge < -0.3 is 14.3 Å². The number of H-pyrrole nitrogens is 1. The normalized spacial score (nSPS) is 10.5. The van der Waals surface area contributed by atoms with Crippen LogP contribution < -0.4 is 5.56 Å². The number of aromatic amines is 1. The van der Waals surface area contributed by atoms with Crippen LogP contribution in [0.15, 0.2) is 29.2 Å². The van der Waals surface area contributed by atoms with Crippen molar-refractivity contribution in [3.8, 4) is 0 Å². The Balaban J connectivity index is 2.33. The Hall–Kier alpha value is -2.63. The summed E-state index contributed by atoms with van der Waals surface area (Å²) in [6, 6.07) is 4.71. The summed E-state index contributed by atoms with van der Waals surface area (Å²) in [6.07, 6.45) is 1.56. The molecule has 0 aliphatic rings. The predicted octanol–water partition coefficient (Wildman–Crippen LogP) is 1.85. The molecule has 1 N–H and O–H groups in total. The maximum atomic E-state index is 12.5. The van der Waals surface area contributed by atoms with Gasteiger partial charge in [0.25, 0.3) is 5.56 Å². The van der Waals surface area contributed by atoms with Crippen molar-refractivity contribution in [2.24, 2.45) is 0 Å². The summed E-state index contributed by atoms with van der Waals surface area (Å²) < 4.78 is 6.29. The van der Waals surface area contributed by atoms with E-state index in [2.05, 4.69) is 4.98 Å². The van der Waals surface area contributed by atoms with E-state index in [9.17, 15) is 14.4 Å². The Bertz CT molecular complexity index is 771. The van der Waals surface area contributed by atoms with Crippen molar-refractivity contribution in [3.05, 3.63) is 57.3 Å². The molecule has 6 nitrogen and oxygen atoms in total. The van der Waals surface area contributed by atoms with Gasteiger partial charge in [0, 0.05) is 23.5 Å². The zero-order valence-electron chi connectivity index (χ0n) is 12.8. The van der Waals surface area contributed by atoms with Crippen LogP contribution in [0.1, 0.15) is 39.0 Å². The van der Waals surface area contributed by atoms with E-state index in [-0.39, 0.29) is 30.2 Å². The van der Waals surface area contributed by atoms with Gasteiger partial charge in [-0.15, -0.1) is 0 Å². The number of nitrogens with one attached hydrogen (secondary N) is 1. The number of hydrogen-bond donors (Lipinski definition) is 1. The molecular formula is C16H18N2O4. The van der Waals surface area contributed by atoms with Crippen LogP contribution in [0.3, 0.4) is 0 Å². The molecular weight excluding hydrogens is 284 g/mol. The van der Waals surface area contributed by atoms with Gasteiger partial charge in [-0.3, -0.25) is 9.59 Å². The van der Waals surface area contributed by atoms with E-state index in [1.165, 1.54) is 10.6 Å². The van der Waals surface area contributed by atoms with Gasteiger partial charge in [0.2, 0.25) is 0 Å². The molecule has 22 heavy (non-hydrogen) atoms. The first-order valence-electron chi connectivity index (χ1n) is 7.00. The van der Waals surface area contributed by atoms with Gasteiger partial charge in [-0.2, -0.15) is 0 Å². The van der Waals surface area contributed by atoms with Gasteiger partial charge in [-0.05, 0) is 32.4 Å². The molecule has 2 heterocycles. The number of aryl methyl sites for hydroxylation is 1. The smallest absolute Gasteiger partial charge is 0.355 e. The maximum Gasteiger partial charge on any atom is 0.355 e. The summed E-state index contributed by atoms with van der Waals surface area (Å²) in [5.74, 6) is -0.714. The van der Waals surface area contributed by atoms with Crippen LogP contribution in [0, 0.1) is 13.8 Å². The van der Waals surface area contributed by atoms with Crippen LogP contribution in [-0.2, 0) is 11.3 Å². The molecule has 0 radical (unpaired) electrons. The van der Waals surface area contributed by atoms with Crippen LogP contribution in [0.2, 0.25) is 0 Å². The molecule has 2 aromatic heterocycles. The van der Waals surface area contributed by atoms with Crippen molar-refractivity contribution in [1.29, 1.82) is 0 Å². The lowest BCUT2D eigenvalue weighted by Crippen LogP contribution is -2.23. The molecule has 0 saturated carbocycles. The fourth-order valence-electron chi connectivity index (χ4n) is 2.40. The highest BCUT2D eigenvalue weighted by molar-refractivity contribution is 6.02. The zero-order chi connectivity index (χ0) is 16.3. The Kier molecular flexibility index (Phi) is 4.60. The number of esters is 1. The van der Waals surface area contributed by atoms with E-state index in [4.69, 9.17) is 4.74 Å². The summed E-state index contributed by atoms with van der Waals surface area (Å²) in [5, 5.41) is 0. The first-order chi connectivity index (χ1) is 10.5. The molecule has 2 rings (SSSR count). The highest BCUT2D eigenvalue weighted by Gasteiger charge is 2.22. The highest BCUT2D eigenvalue weighted by Crippen LogP contribution is 2.19. The van der Waals surface area contributed by atoms with Gasteiger partial charge in [-0.25, -0.2) is 4.79 Å². The molecule has 0 amide bonds. The number of ketones is 1. The summed E-state index contributed by atoms with van der Waals surface area (Å²) >= 11 is 0. The standard InChI is InChI=1S/C16H18N2O4/c1-4-22-16(21)15-10(2)14(11(3)17-15)12(19)9-18-8-6-5-7-13(18)20/h5-8,17H,4,9H2,1-3H3. The highest BCUT2D eigenvalue weighted by atomic mass is 16.5. The van der Waals surface area contributed by atoms with Crippen molar-refractivity contribution in [3.63, 3.8) is 0 Å². The Morgan fingerprint density at radius 3 is 2.64 bits per heavy atom. The van der Waals surface area contributed by atoms with Gasteiger partial charge in [0.1, 0.15) is 5.69 Å². The van der Waals surface area contributed by atoms with E-state index >= 15 is 0 Å². The van der Waals surface area contributed by atoms with E-state index in [0.717, 1.165) is 0 Å². The molecule has 6 heteroatoms. The van der Waals surface area contributed by atoms with Crippen molar-refractivity contribution in [1.82, 2.24) is 9.55 Å². The number of rotatable bonds is 5. The second kappa shape index (κ2) is 6.43. The SMILES string of the molecule is CCOC(=O)c1[nH]c(C)c(C(=O)Cn2ccccc2=O)c1C. The average molecular weight is 302 g/mol. The average Bonchev–Trinajstić information content (AvgIpc) is 2.77. The number of aromatic nitrogens is 2. The van der Waals surface area contributed by atoms with E-state index in [1.807, 2.05) is 0 Å². The first kappa shape index (κ1) is 15.8. The second-order valence-corrected chi connectivity index (χ2v) is 4.94. The van der Waals surface area contributed by atoms with Crippen molar-refractivity contribution in [2.75, 3.05) is 6.61 Å². The monoisotopic (exact) mass is 302 g/mol. The molecule has 0 atom stereocenters. The molecule has 0 spiro atoms. The van der Waals surface area contributed by atoms with Crippen LogP contribution >= 0.6 is 0 Å². The minimum absolute atomic E-state index is 0.0680. The van der Waals surface area contributed by atoms with E-state index in [1.54, 1.807) is 39.1 Å². The van der Waals surface area contributed by atoms with Crippen LogP contribution in [-0.4, -0.2) is 27.9 Å². The Morgan fingerprint density at radius 2 is 2.00 bits per heavy atom. The third-order valence-electron chi connectivity index (χ3n) is 3.41. The van der Waals surface area contributed by atoms with E-state index in [0.29, 0.717) is 16.8 Å². The fraction of sp³-hybridized carbons (Fsp3) is 0.312. The second-order valence-electron chi connectivity index (χ2n) is 4.94. The number of ether oxygens (including phenoxy) is 1. The largest absolute Gasteiger partial charge is 0.461 e. The van der Waals surface area contributed by atoms with Gasteiger partial charge >= 0.3 is 5.97 Å². The number of carbonyl (C=O) groups is 2. The lowest BCUT2D eigenvalue weighted by atomic mass is 10.1. The topological polar surface area (TPSA) is 81.2 Å². The molecule has 0 bridgehead atoms. The molecule has 116 valence electrons. The summed E-state index contributed by atoms with van der Waals surface area (Å²) in [6.45, 7) is 5.32. The van der Waals surface area contributed by atoms with Crippen LogP contribution in [0.5, 0.6) is 0 Å². The summed E-state index contributed by atoms with van der Waals surface area (Å²) in [4.78, 5) is 38.9. The molecule has 0 fully saturated rings. The van der Waals surface area contributed by atoms with Crippen molar-refractivity contribution in [2.45, 2.75) is 27.3 Å². The molecule has 0 aromatic carbocycles. The minimum Gasteiger partial charge on any atom is -0.461 e. The van der Waals surface area contributed by atoms with Gasteiger partial charge in [0.05, 0.1) is 13.2 Å². The molecule has 0 aliphatic carbocycles. The Morgan fingerprint density at radius 1 is 1.27 bits per heavy atom. The van der Waals surface area contributed by atoms with Crippen molar-refractivity contribution >= 4 is 11.8 Å². The summed E-state index contributed by atoms with van der Waals surface area (Å²) in [7, 11) is 0. The first-order valence-corrected chi connectivity index (χ1v) is 7.00. The minimum atomic E-state index is -0.487. The number of nitrogens with zero attached hydrogens (tertiary/aromatic N) is 1.